The summed E-state index contributed by atoms with van der Waals surface area (Å²) in [5.41, 5.74) is 8.64. The Morgan fingerprint density at radius 1 is 1.28 bits per heavy atom. The summed E-state index contributed by atoms with van der Waals surface area (Å²) < 4.78 is 0. The molecule has 1 aromatic rings. The zero-order valence-corrected chi connectivity index (χ0v) is 12.0. The van der Waals surface area contributed by atoms with Gasteiger partial charge in [-0.3, -0.25) is 4.90 Å². The molecule has 0 aromatic heterocycles. The van der Waals surface area contributed by atoms with Crippen LogP contribution in [0, 0.1) is 6.92 Å². The van der Waals surface area contributed by atoms with Crippen molar-refractivity contribution in [1.82, 2.24) is 4.90 Å². The first-order chi connectivity index (χ1) is 8.44. The maximum absolute atomic E-state index is 5.88. The highest BCUT2D eigenvalue weighted by Gasteiger charge is 2.36. The fraction of sp³-hybridized carbons (Fsp3) is 0.600. The topological polar surface area (TPSA) is 32.5 Å². The van der Waals surface area contributed by atoms with Crippen molar-refractivity contribution in [2.75, 3.05) is 31.6 Å². The summed E-state index contributed by atoms with van der Waals surface area (Å²) in [4.78, 5) is 4.87. The summed E-state index contributed by atoms with van der Waals surface area (Å²) in [6.45, 7) is 9.49. The van der Waals surface area contributed by atoms with Crippen LogP contribution in [0.25, 0.3) is 0 Å². The van der Waals surface area contributed by atoms with Crippen molar-refractivity contribution in [3.8, 4) is 0 Å². The lowest BCUT2D eigenvalue weighted by Crippen LogP contribution is -2.64. The van der Waals surface area contributed by atoms with Crippen LogP contribution in [0.4, 0.5) is 5.69 Å². The Morgan fingerprint density at radius 2 is 1.89 bits per heavy atom. The number of nitrogens with zero attached hydrogens (tertiary/aromatic N) is 2. The van der Waals surface area contributed by atoms with Gasteiger partial charge in [0.1, 0.15) is 0 Å². The number of aryl methyl sites for hydroxylation is 1. The highest BCUT2D eigenvalue weighted by atomic mass is 15.3. The van der Waals surface area contributed by atoms with Gasteiger partial charge in [0.15, 0.2) is 0 Å². The van der Waals surface area contributed by atoms with E-state index < -0.39 is 0 Å². The Labute approximate surface area is 111 Å². The lowest BCUT2D eigenvalue weighted by atomic mass is 9.94. The molecule has 1 aromatic carbocycles. The van der Waals surface area contributed by atoms with E-state index in [1.165, 1.54) is 11.3 Å². The second-order valence-electron chi connectivity index (χ2n) is 6.06. The second-order valence-corrected chi connectivity index (χ2v) is 6.06. The van der Waals surface area contributed by atoms with Crippen LogP contribution < -0.4 is 10.6 Å². The molecule has 1 fully saturated rings. The number of hydrogen-bond acceptors (Lipinski definition) is 3. The second kappa shape index (κ2) is 4.90. The fourth-order valence-corrected chi connectivity index (χ4v) is 2.86. The summed E-state index contributed by atoms with van der Waals surface area (Å²) >= 11 is 0. The van der Waals surface area contributed by atoms with E-state index in [2.05, 4.69) is 61.9 Å². The van der Waals surface area contributed by atoms with E-state index in [1.807, 2.05) is 0 Å². The van der Waals surface area contributed by atoms with Gasteiger partial charge in [0, 0.05) is 36.9 Å². The Bertz CT molecular complexity index is 397. The van der Waals surface area contributed by atoms with Crippen molar-refractivity contribution in [2.24, 2.45) is 5.73 Å². The molecule has 100 valence electrons. The number of nitrogens with two attached hydrogens (primary N) is 1. The summed E-state index contributed by atoms with van der Waals surface area (Å²) in [6.07, 6.45) is 0. The van der Waals surface area contributed by atoms with E-state index in [0.29, 0.717) is 6.04 Å². The molecule has 2 rings (SSSR count). The Kier molecular flexibility index (Phi) is 3.64. The summed E-state index contributed by atoms with van der Waals surface area (Å²) in [5.74, 6) is 0. The number of benzene rings is 1. The molecular weight excluding hydrogens is 222 g/mol. The molecule has 1 unspecified atom stereocenters. The van der Waals surface area contributed by atoms with Gasteiger partial charge < -0.3 is 10.6 Å². The Balaban J connectivity index is 2.26. The molecule has 1 saturated heterocycles. The van der Waals surface area contributed by atoms with Gasteiger partial charge in [-0.25, -0.2) is 0 Å². The molecule has 1 aliphatic heterocycles. The minimum absolute atomic E-state index is 0.148. The van der Waals surface area contributed by atoms with Crippen LogP contribution in [0.2, 0.25) is 0 Å². The van der Waals surface area contributed by atoms with Gasteiger partial charge in [0.05, 0.1) is 0 Å². The van der Waals surface area contributed by atoms with E-state index in [-0.39, 0.29) is 5.54 Å². The molecule has 1 aliphatic rings. The Hall–Kier alpha value is -1.06. The highest BCUT2D eigenvalue weighted by molar-refractivity contribution is 5.50. The van der Waals surface area contributed by atoms with Gasteiger partial charge in [-0.15, -0.1) is 0 Å². The lowest BCUT2D eigenvalue weighted by Gasteiger charge is -2.51. The predicted octanol–water partition coefficient (Wildman–Crippen LogP) is 1.85. The van der Waals surface area contributed by atoms with E-state index in [1.54, 1.807) is 0 Å². The quantitative estimate of drug-likeness (QED) is 0.866. The third-order valence-electron chi connectivity index (χ3n) is 4.00. The molecule has 0 amide bonds. The Morgan fingerprint density at radius 3 is 2.44 bits per heavy atom. The van der Waals surface area contributed by atoms with E-state index in [4.69, 9.17) is 5.73 Å². The molecule has 2 N–H and O–H groups in total. The molecule has 1 atom stereocenters. The molecule has 3 heteroatoms. The molecule has 0 aliphatic carbocycles. The molecule has 0 radical (unpaired) electrons. The van der Waals surface area contributed by atoms with Crippen LogP contribution in [0.5, 0.6) is 0 Å². The first-order valence-electron chi connectivity index (χ1n) is 6.68. The number of piperazine rings is 1. The molecule has 18 heavy (non-hydrogen) atoms. The summed E-state index contributed by atoms with van der Waals surface area (Å²) in [7, 11) is 2.17. The van der Waals surface area contributed by atoms with Crippen molar-refractivity contribution < 1.29 is 0 Å². The summed E-state index contributed by atoms with van der Waals surface area (Å²) in [5, 5.41) is 0. The predicted molar refractivity (Wildman–Crippen MR) is 78.1 cm³/mol. The van der Waals surface area contributed by atoms with Crippen molar-refractivity contribution in [1.29, 1.82) is 0 Å². The third kappa shape index (κ3) is 2.52. The zero-order chi connectivity index (χ0) is 13.3. The van der Waals surface area contributed by atoms with Gasteiger partial charge in [-0.05, 0) is 40.0 Å². The molecule has 0 saturated carbocycles. The minimum Gasteiger partial charge on any atom is -0.364 e. The SMILES string of the molecule is Cc1ccc(N2CC(CN)N(C)CC2(C)C)cc1. The van der Waals surface area contributed by atoms with Crippen LogP contribution in [-0.2, 0) is 0 Å². The molecular formula is C15H25N3. The van der Waals surface area contributed by atoms with Crippen molar-refractivity contribution in [3.63, 3.8) is 0 Å². The molecule has 0 bridgehead atoms. The van der Waals surface area contributed by atoms with Crippen molar-refractivity contribution >= 4 is 5.69 Å². The van der Waals surface area contributed by atoms with Crippen molar-refractivity contribution in [2.45, 2.75) is 32.4 Å². The van der Waals surface area contributed by atoms with Crippen LogP contribution in [0.1, 0.15) is 19.4 Å². The molecule has 3 nitrogen and oxygen atoms in total. The summed E-state index contributed by atoms with van der Waals surface area (Å²) in [6, 6.07) is 9.24. The van der Waals surface area contributed by atoms with E-state index >= 15 is 0 Å². The maximum atomic E-state index is 5.88. The zero-order valence-electron chi connectivity index (χ0n) is 12.0. The van der Waals surface area contributed by atoms with Crippen LogP contribution >= 0.6 is 0 Å². The number of rotatable bonds is 2. The number of hydrogen-bond donors (Lipinski definition) is 1. The van der Waals surface area contributed by atoms with Crippen molar-refractivity contribution in [3.05, 3.63) is 29.8 Å². The van der Waals surface area contributed by atoms with E-state index in [0.717, 1.165) is 19.6 Å². The molecule has 0 spiro atoms. The highest BCUT2D eigenvalue weighted by Crippen LogP contribution is 2.29. The van der Waals surface area contributed by atoms with Gasteiger partial charge in [0.25, 0.3) is 0 Å². The molecule has 1 heterocycles. The maximum Gasteiger partial charge on any atom is 0.0473 e. The average Bonchev–Trinajstić information content (AvgIpc) is 2.30. The number of likely N-dealkylation sites (N-methyl/N-ethyl adjacent to an activating group) is 1. The smallest absolute Gasteiger partial charge is 0.0473 e. The standard InChI is InChI=1S/C15H25N3/c1-12-5-7-13(8-6-12)18-10-14(9-16)17(4)11-15(18,2)3/h5-8,14H,9-11,16H2,1-4H3. The van der Waals surface area contributed by atoms with E-state index in [9.17, 15) is 0 Å². The van der Waals surface area contributed by atoms with Gasteiger partial charge in [-0.1, -0.05) is 17.7 Å². The van der Waals surface area contributed by atoms with Crippen LogP contribution in [0.3, 0.4) is 0 Å². The van der Waals surface area contributed by atoms with Crippen LogP contribution in [-0.4, -0.2) is 43.2 Å². The minimum atomic E-state index is 0.148. The fourth-order valence-electron chi connectivity index (χ4n) is 2.86. The first kappa shape index (κ1) is 13.4. The average molecular weight is 247 g/mol. The lowest BCUT2D eigenvalue weighted by molar-refractivity contribution is 0.155. The van der Waals surface area contributed by atoms with Crippen LogP contribution in [0.15, 0.2) is 24.3 Å². The third-order valence-corrected chi connectivity index (χ3v) is 4.00. The number of anilines is 1. The van der Waals surface area contributed by atoms with Gasteiger partial charge >= 0.3 is 0 Å². The monoisotopic (exact) mass is 247 g/mol. The van der Waals surface area contributed by atoms with Gasteiger partial charge in [-0.2, -0.15) is 0 Å². The first-order valence-corrected chi connectivity index (χ1v) is 6.68. The van der Waals surface area contributed by atoms with Gasteiger partial charge in [0.2, 0.25) is 0 Å². The normalized spacial score (nSPS) is 24.3. The largest absolute Gasteiger partial charge is 0.364 e.